The van der Waals surface area contributed by atoms with E-state index in [-0.39, 0.29) is 31.6 Å². The van der Waals surface area contributed by atoms with E-state index in [0.717, 1.165) is 0 Å². The van der Waals surface area contributed by atoms with Crippen LogP contribution < -0.4 is 15.4 Å². The molecule has 0 fully saturated rings. The normalized spacial score (nSPS) is 18.1. The summed E-state index contributed by atoms with van der Waals surface area (Å²) in [6.07, 6.45) is -0.442. The first-order valence-corrected chi connectivity index (χ1v) is 12.5. The second-order valence-electron chi connectivity index (χ2n) is 9.47. The highest BCUT2D eigenvalue weighted by atomic mass is 16.7. The van der Waals surface area contributed by atoms with E-state index in [0.29, 0.717) is 17.9 Å². The molecule has 0 bridgehead atoms. The molecule has 2 rings (SSSR count). The summed E-state index contributed by atoms with van der Waals surface area (Å²) in [4.78, 5) is 66.3. The lowest BCUT2D eigenvalue weighted by Gasteiger charge is -2.28. The standard InChI is InChI=1S/C26H35N3O9/c1-4-12-26(14-19(29-38-26)24(16(2)3)28-21(31)10-11-22(32)33)25(36)27-18(13-23(34)35)20(30)15-37-17-8-6-5-7-9-17/h5-9,16,18,24H,4,10-15H2,1-3H3,(H,27,36)(H,28,31)(H,32,33)(H,34,35)/t18-,24?,26?/m0/s1. The summed E-state index contributed by atoms with van der Waals surface area (Å²) >= 11 is 0. The van der Waals surface area contributed by atoms with Crippen molar-refractivity contribution in [3.63, 3.8) is 0 Å². The molecule has 0 radical (unpaired) electrons. The van der Waals surface area contributed by atoms with Crippen molar-refractivity contribution in [2.75, 3.05) is 6.61 Å². The first-order chi connectivity index (χ1) is 18.0. The number of ether oxygens (including phenoxy) is 1. The predicted molar refractivity (Wildman–Crippen MR) is 136 cm³/mol. The van der Waals surface area contributed by atoms with E-state index < -0.39 is 60.2 Å². The molecule has 4 N–H and O–H groups in total. The molecule has 0 aromatic heterocycles. The van der Waals surface area contributed by atoms with Crippen molar-refractivity contribution in [2.24, 2.45) is 11.1 Å². The summed E-state index contributed by atoms with van der Waals surface area (Å²) in [6, 6.07) is 6.53. The maximum Gasteiger partial charge on any atom is 0.305 e. The number of oxime groups is 1. The predicted octanol–water partition coefficient (Wildman–Crippen LogP) is 1.91. The average molecular weight is 534 g/mol. The molecule has 12 nitrogen and oxygen atoms in total. The van der Waals surface area contributed by atoms with Crippen LogP contribution in [0.1, 0.15) is 59.3 Å². The van der Waals surface area contributed by atoms with Gasteiger partial charge in [-0.15, -0.1) is 0 Å². The lowest BCUT2D eigenvalue weighted by atomic mass is 9.86. The molecule has 3 atom stereocenters. The first kappa shape index (κ1) is 30.3. The molecular formula is C26H35N3O9. The number of rotatable bonds is 16. The third kappa shape index (κ3) is 8.86. The van der Waals surface area contributed by atoms with Crippen LogP contribution in [0.2, 0.25) is 0 Å². The fraction of sp³-hybridized carbons (Fsp3) is 0.538. The molecule has 0 saturated heterocycles. The number of carbonyl (C=O) groups is 5. The molecule has 0 aliphatic carbocycles. The van der Waals surface area contributed by atoms with Crippen LogP contribution in [0.15, 0.2) is 35.5 Å². The summed E-state index contributed by atoms with van der Waals surface area (Å²) in [6.45, 7) is 5.05. The van der Waals surface area contributed by atoms with E-state index in [1.165, 1.54) is 0 Å². The Hall–Kier alpha value is -3.96. The molecule has 2 unspecified atom stereocenters. The van der Waals surface area contributed by atoms with Gasteiger partial charge < -0.3 is 30.4 Å². The molecule has 0 saturated carbocycles. The van der Waals surface area contributed by atoms with Gasteiger partial charge in [0.25, 0.3) is 5.91 Å². The fourth-order valence-electron chi connectivity index (χ4n) is 4.03. The molecule has 12 heteroatoms. The third-order valence-electron chi connectivity index (χ3n) is 5.98. The molecule has 0 spiro atoms. The number of hydrogen-bond acceptors (Lipinski definition) is 8. The quantitative estimate of drug-likeness (QED) is 0.247. The van der Waals surface area contributed by atoms with Crippen molar-refractivity contribution in [1.82, 2.24) is 10.6 Å². The van der Waals surface area contributed by atoms with Crippen LogP contribution in [-0.2, 0) is 28.8 Å². The Labute approximate surface area is 220 Å². The van der Waals surface area contributed by atoms with Crippen LogP contribution in [0.5, 0.6) is 5.75 Å². The van der Waals surface area contributed by atoms with Gasteiger partial charge in [-0.25, -0.2) is 0 Å². The van der Waals surface area contributed by atoms with Gasteiger partial charge in [-0.1, -0.05) is 50.5 Å². The van der Waals surface area contributed by atoms with Crippen molar-refractivity contribution in [1.29, 1.82) is 0 Å². The summed E-state index contributed by atoms with van der Waals surface area (Å²) < 4.78 is 5.43. The van der Waals surface area contributed by atoms with E-state index in [4.69, 9.17) is 14.7 Å². The number of amides is 2. The van der Waals surface area contributed by atoms with Gasteiger partial charge in [0.15, 0.2) is 5.78 Å². The van der Waals surface area contributed by atoms with Gasteiger partial charge in [0.1, 0.15) is 18.4 Å². The highest BCUT2D eigenvalue weighted by molar-refractivity contribution is 6.01. The van der Waals surface area contributed by atoms with Gasteiger partial charge in [-0.3, -0.25) is 24.0 Å². The van der Waals surface area contributed by atoms with Gasteiger partial charge >= 0.3 is 11.9 Å². The number of carbonyl (C=O) groups excluding carboxylic acids is 3. The Morgan fingerprint density at radius 3 is 2.32 bits per heavy atom. The third-order valence-corrected chi connectivity index (χ3v) is 5.98. The van der Waals surface area contributed by atoms with Gasteiger partial charge in [0.2, 0.25) is 11.5 Å². The second-order valence-corrected chi connectivity index (χ2v) is 9.47. The molecular weight excluding hydrogens is 498 g/mol. The number of nitrogens with one attached hydrogen (secondary N) is 2. The molecule has 1 aromatic rings. The summed E-state index contributed by atoms with van der Waals surface area (Å²) in [5, 5.41) is 27.5. The maximum atomic E-state index is 13.4. The van der Waals surface area contributed by atoms with Crippen LogP contribution in [0.4, 0.5) is 0 Å². The molecule has 1 aromatic carbocycles. The van der Waals surface area contributed by atoms with Gasteiger partial charge in [0, 0.05) is 12.8 Å². The number of benzene rings is 1. The van der Waals surface area contributed by atoms with E-state index >= 15 is 0 Å². The average Bonchev–Trinajstić information content (AvgIpc) is 3.29. The van der Waals surface area contributed by atoms with Crippen LogP contribution in [0.25, 0.3) is 0 Å². The van der Waals surface area contributed by atoms with Crippen molar-refractivity contribution in [2.45, 2.75) is 77.0 Å². The Balaban J connectivity index is 2.13. The van der Waals surface area contributed by atoms with E-state index in [2.05, 4.69) is 15.8 Å². The van der Waals surface area contributed by atoms with Crippen molar-refractivity contribution < 1.29 is 43.8 Å². The lowest BCUT2D eigenvalue weighted by Crippen LogP contribution is -2.54. The number of carboxylic acids is 2. The van der Waals surface area contributed by atoms with Crippen LogP contribution in [0, 0.1) is 5.92 Å². The highest BCUT2D eigenvalue weighted by Gasteiger charge is 2.48. The lowest BCUT2D eigenvalue weighted by molar-refractivity contribution is -0.148. The number of ketones is 1. The largest absolute Gasteiger partial charge is 0.486 e. The molecule has 2 amide bonds. The summed E-state index contributed by atoms with van der Waals surface area (Å²) in [5.74, 6) is -3.90. The monoisotopic (exact) mass is 533 g/mol. The van der Waals surface area contributed by atoms with E-state index in [1.807, 2.05) is 20.8 Å². The van der Waals surface area contributed by atoms with E-state index in [1.54, 1.807) is 30.3 Å². The molecule has 1 aliphatic heterocycles. The van der Waals surface area contributed by atoms with E-state index in [9.17, 15) is 29.1 Å². The Bertz CT molecular complexity index is 1040. The number of nitrogens with zero attached hydrogens (tertiary/aromatic N) is 1. The molecule has 38 heavy (non-hydrogen) atoms. The summed E-state index contributed by atoms with van der Waals surface area (Å²) in [7, 11) is 0. The minimum Gasteiger partial charge on any atom is -0.486 e. The number of aliphatic carboxylic acids is 2. The first-order valence-electron chi connectivity index (χ1n) is 12.5. The summed E-state index contributed by atoms with van der Waals surface area (Å²) in [5.41, 5.74) is -1.11. The second kappa shape index (κ2) is 14.1. The van der Waals surface area contributed by atoms with Gasteiger partial charge in [0.05, 0.1) is 24.6 Å². The number of carboxylic acid groups (broad SMARTS) is 2. The van der Waals surface area contributed by atoms with Crippen LogP contribution in [0.3, 0.4) is 0 Å². The van der Waals surface area contributed by atoms with Crippen molar-refractivity contribution in [3.8, 4) is 5.75 Å². The zero-order valence-electron chi connectivity index (χ0n) is 21.8. The highest BCUT2D eigenvalue weighted by Crippen LogP contribution is 2.32. The van der Waals surface area contributed by atoms with Gasteiger partial charge in [-0.2, -0.15) is 0 Å². The topological polar surface area (TPSA) is 181 Å². The fourth-order valence-corrected chi connectivity index (χ4v) is 4.03. The maximum absolute atomic E-state index is 13.4. The Kier molecular flexibility index (Phi) is 11.2. The Morgan fingerprint density at radius 2 is 1.74 bits per heavy atom. The minimum atomic E-state index is -1.50. The van der Waals surface area contributed by atoms with Gasteiger partial charge in [-0.05, 0) is 24.5 Å². The zero-order valence-corrected chi connectivity index (χ0v) is 21.8. The molecule has 1 heterocycles. The minimum absolute atomic E-state index is 0.00320. The smallest absolute Gasteiger partial charge is 0.305 e. The number of hydrogen-bond donors (Lipinski definition) is 4. The van der Waals surface area contributed by atoms with Crippen molar-refractivity contribution >= 4 is 35.2 Å². The Morgan fingerprint density at radius 1 is 1.05 bits per heavy atom. The van der Waals surface area contributed by atoms with Crippen LogP contribution in [-0.4, -0.2) is 69.8 Å². The van der Waals surface area contributed by atoms with Crippen molar-refractivity contribution in [3.05, 3.63) is 30.3 Å². The van der Waals surface area contributed by atoms with Crippen LogP contribution >= 0.6 is 0 Å². The number of Topliss-reactive ketones (excluding diaryl/α,β-unsaturated/α-hetero) is 1. The molecule has 208 valence electrons. The molecule has 1 aliphatic rings. The number of para-hydroxylation sites is 1. The SMILES string of the molecule is CCCC1(C(=O)N[C@@H](CC(=O)O)C(=O)COc2ccccc2)CC(C(NC(=O)CCC(=O)O)C(C)C)=NO1. The zero-order chi connectivity index (χ0) is 28.3.